The molecule has 0 radical (unpaired) electrons. The van der Waals surface area contributed by atoms with Crippen LogP contribution in [0.2, 0.25) is 0 Å². The minimum absolute atomic E-state index is 0.548. The fourth-order valence-electron chi connectivity index (χ4n) is 4.25. The number of nitrogens with zero attached hydrogens (tertiary/aromatic N) is 1. The number of rotatable bonds is 3. The van der Waals surface area contributed by atoms with E-state index in [0.717, 1.165) is 18.4 Å². The maximum Gasteiger partial charge on any atom is 0.00187 e. The fourth-order valence-corrected chi connectivity index (χ4v) is 4.25. The molecule has 0 amide bonds. The normalized spacial score (nSPS) is 31.4. The molecule has 0 aromatic heterocycles. The van der Waals surface area contributed by atoms with E-state index in [2.05, 4.69) is 36.9 Å². The molecule has 3 saturated heterocycles. The van der Waals surface area contributed by atoms with Crippen LogP contribution in [0.3, 0.4) is 0 Å². The highest BCUT2D eigenvalue weighted by atomic mass is 15.1. The summed E-state index contributed by atoms with van der Waals surface area (Å²) < 4.78 is 0. The Morgan fingerprint density at radius 2 is 1.79 bits per heavy atom. The summed E-state index contributed by atoms with van der Waals surface area (Å²) in [6, 6.07) is 6.96. The smallest absolute Gasteiger partial charge is 0.00187 e. The van der Waals surface area contributed by atoms with E-state index in [-0.39, 0.29) is 0 Å². The summed E-state index contributed by atoms with van der Waals surface area (Å²) in [4.78, 5) is 2.63. The number of benzene rings is 1. The zero-order valence-corrected chi connectivity index (χ0v) is 12.2. The lowest BCUT2D eigenvalue weighted by Gasteiger charge is -2.47. The molecule has 2 heteroatoms. The molecule has 2 bridgehead atoms. The Morgan fingerprint density at radius 3 is 2.26 bits per heavy atom. The lowest BCUT2D eigenvalue weighted by molar-refractivity contribution is 0.0379. The Bertz CT molecular complexity index is 426. The van der Waals surface area contributed by atoms with Gasteiger partial charge in [0.05, 0.1) is 0 Å². The summed E-state index contributed by atoms with van der Waals surface area (Å²) in [5.41, 5.74) is 10.4. The highest BCUT2D eigenvalue weighted by Gasteiger charge is 2.38. The van der Waals surface area contributed by atoms with Gasteiger partial charge in [-0.1, -0.05) is 29.3 Å². The van der Waals surface area contributed by atoms with E-state index < -0.39 is 0 Å². The largest absolute Gasteiger partial charge is 0.330 e. The van der Waals surface area contributed by atoms with Crippen LogP contribution in [0.5, 0.6) is 0 Å². The van der Waals surface area contributed by atoms with Gasteiger partial charge < -0.3 is 10.6 Å². The number of aryl methyl sites for hydroxylation is 2. The molecule has 1 aromatic carbocycles. The van der Waals surface area contributed by atoms with Crippen LogP contribution in [0.15, 0.2) is 18.2 Å². The molecule has 4 rings (SSSR count). The molecule has 2 N–H and O–H groups in total. The standard InChI is InChI=1S/C17H26N2/c1-12-7-13(2)9-15(8-12)16(10-18)17-11-19-5-3-14(17)4-6-19/h7-9,14,16-17H,3-6,10-11,18H2,1-2H3. The van der Waals surface area contributed by atoms with Crippen molar-refractivity contribution in [3.05, 3.63) is 34.9 Å². The van der Waals surface area contributed by atoms with Crippen LogP contribution >= 0.6 is 0 Å². The minimum Gasteiger partial charge on any atom is -0.330 e. The summed E-state index contributed by atoms with van der Waals surface area (Å²) in [5, 5.41) is 0. The number of hydrogen-bond donors (Lipinski definition) is 1. The molecule has 0 saturated carbocycles. The van der Waals surface area contributed by atoms with Crippen LogP contribution in [0.1, 0.15) is 35.4 Å². The van der Waals surface area contributed by atoms with E-state index in [1.807, 2.05) is 0 Å². The highest BCUT2D eigenvalue weighted by molar-refractivity contribution is 5.32. The van der Waals surface area contributed by atoms with Crippen molar-refractivity contribution >= 4 is 0 Å². The topological polar surface area (TPSA) is 29.3 Å². The molecule has 2 unspecified atom stereocenters. The van der Waals surface area contributed by atoms with Crippen molar-refractivity contribution in [1.29, 1.82) is 0 Å². The Kier molecular flexibility index (Phi) is 3.64. The molecular formula is C17H26N2. The van der Waals surface area contributed by atoms with Gasteiger partial charge in [-0.2, -0.15) is 0 Å². The van der Waals surface area contributed by atoms with Gasteiger partial charge in [0.25, 0.3) is 0 Å². The molecule has 0 spiro atoms. The number of hydrogen-bond acceptors (Lipinski definition) is 2. The van der Waals surface area contributed by atoms with Crippen molar-refractivity contribution in [2.75, 3.05) is 26.2 Å². The molecule has 2 nitrogen and oxygen atoms in total. The summed E-state index contributed by atoms with van der Waals surface area (Å²) in [6.07, 6.45) is 2.76. The average Bonchev–Trinajstić information content (AvgIpc) is 2.40. The van der Waals surface area contributed by atoms with Gasteiger partial charge in [0, 0.05) is 12.5 Å². The van der Waals surface area contributed by atoms with E-state index in [0.29, 0.717) is 5.92 Å². The maximum absolute atomic E-state index is 6.15. The van der Waals surface area contributed by atoms with Crippen LogP contribution < -0.4 is 5.73 Å². The summed E-state index contributed by atoms with van der Waals surface area (Å²) in [5.74, 6) is 2.22. The van der Waals surface area contributed by atoms with Gasteiger partial charge in [0.1, 0.15) is 0 Å². The third kappa shape index (κ3) is 2.56. The molecule has 3 heterocycles. The molecule has 3 aliphatic heterocycles. The van der Waals surface area contributed by atoms with Crippen molar-refractivity contribution in [3.63, 3.8) is 0 Å². The molecule has 1 aromatic rings. The molecule has 19 heavy (non-hydrogen) atoms. The minimum atomic E-state index is 0.548. The van der Waals surface area contributed by atoms with Gasteiger partial charge in [-0.15, -0.1) is 0 Å². The first kappa shape index (κ1) is 13.1. The maximum atomic E-state index is 6.15. The van der Waals surface area contributed by atoms with Crippen LogP contribution in [0.25, 0.3) is 0 Å². The van der Waals surface area contributed by atoms with Crippen molar-refractivity contribution in [2.24, 2.45) is 17.6 Å². The lowest BCUT2D eigenvalue weighted by atomic mass is 9.70. The molecule has 104 valence electrons. The first-order chi connectivity index (χ1) is 9.17. The Morgan fingerprint density at radius 1 is 1.16 bits per heavy atom. The Balaban J connectivity index is 1.87. The van der Waals surface area contributed by atoms with Gasteiger partial charge in [0.15, 0.2) is 0 Å². The zero-order valence-electron chi connectivity index (χ0n) is 12.2. The van der Waals surface area contributed by atoms with Crippen LogP contribution in [-0.2, 0) is 0 Å². The van der Waals surface area contributed by atoms with E-state index in [9.17, 15) is 0 Å². The first-order valence-electron chi connectivity index (χ1n) is 7.68. The van der Waals surface area contributed by atoms with Gasteiger partial charge >= 0.3 is 0 Å². The van der Waals surface area contributed by atoms with Crippen molar-refractivity contribution in [1.82, 2.24) is 4.90 Å². The monoisotopic (exact) mass is 258 g/mol. The Labute approximate surface area is 117 Å². The summed E-state index contributed by atoms with van der Waals surface area (Å²) in [6.45, 7) is 9.06. The summed E-state index contributed by atoms with van der Waals surface area (Å²) >= 11 is 0. The Hall–Kier alpha value is -0.860. The van der Waals surface area contributed by atoms with E-state index >= 15 is 0 Å². The number of piperidine rings is 3. The van der Waals surface area contributed by atoms with Gasteiger partial charge in [-0.05, 0) is 63.7 Å². The predicted molar refractivity (Wildman–Crippen MR) is 80.4 cm³/mol. The quantitative estimate of drug-likeness (QED) is 0.903. The molecule has 3 fully saturated rings. The van der Waals surface area contributed by atoms with E-state index in [1.165, 1.54) is 49.2 Å². The first-order valence-corrected chi connectivity index (χ1v) is 7.68. The molecular weight excluding hydrogens is 232 g/mol. The second-order valence-electron chi connectivity index (χ2n) is 6.57. The summed E-state index contributed by atoms with van der Waals surface area (Å²) in [7, 11) is 0. The molecule has 3 aliphatic rings. The zero-order chi connectivity index (χ0) is 13.4. The highest BCUT2D eigenvalue weighted by Crippen LogP contribution is 2.40. The second-order valence-corrected chi connectivity index (χ2v) is 6.57. The molecule has 0 aliphatic carbocycles. The van der Waals surface area contributed by atoms with Crippen LogP contribution in [-0.4, -0.2) is 31.1 Å². The predicted octanol–water partition coefficient (Wildman–Crippen LogP) is 2.69. The van der Waals surface area contributed by atoms with Crippen molar-refractivity contribution in [3.8, 4) is 0 Å². The van der Waals surface area contributed by atoms with Gasteiger partial charge in [-0.3, -0.25) is 0 Å². The number of nitrogens with two attached hydrogens (primary N) is 1. The molecule has 2 atom stereocenters. The van der Waals surface area contributed by atoms with Crippen LogP contribution in [0.4, 0.5) is 0 Å². The van der Waals surface area contributed by atoms with Gasteiger partial charge in [-0.25, -0.2) is 0 Å². The SMILES string of the molecule is Cc1cc(C)cc(C(CN)C2CN3CCC2CC3)c1. The van der Waals surface area contributed by atoms with Gasteiger partial charge in [0.2, 0.25) is 0 Å². The second kappa shape index (κ2) is 5.26. The van der Waals surface area contributed by atoms with Crippen LogP contribution in [0, 0.1) is 25.7 Å². The average molecular weight is 258 g/mol. The van der Waals surface area contributed by atoms with Crippen molar-refractivity contribution in [2.45, 2.75) is 32.6 Å². The lowest BCUT2D eigenvalue weighted by Crippen LogP contribution is -2.50. The third-order valence-corrected chi connectivity index (χ3v) is 5.15. The third-order valence-electron chi connectivity index (χ3n) is 5.15. The van der Waals surface area contributed by atoms with E-state index in [1.54, 1.807) is 0 Å². The fraction of sp³-hybridized carbons (Fsp3) is 0.647. The van der Waals surface area contributed by atoms with E-state index in [4.69, 9.17) is 5.73 Å². The van der Waals surface area contributed by atoms with Crippen molar-refractivity contribution < 1.29 is 0 Å². The number of fused-ring (bicyclic) bond motifs is 3.